The fourth-order valence-corrected chi connectivity index (χ4v) is 0.511. The van der Waals surface area contributed by atoms with E-state index >= 15 is 0 Å². The molecule has 0 aromatic carbocycles. The second-order valence-corrected chi connectivity index (χ2v) is 1.76. The molecular formula is C6H12NO2. The van der Waals surface area contributed by atoms with Gasteiger partial charge in [-0.05, 0) is 19.8 Å². The number of rotatable bonds is 3. The summed E-state index contributed by atoms with van der Waals surface area (Å²) in [6.45, 7) is 5.49. The van der Waals surface area contributed by atoms with Crippen LogP contribution in [0.25, 0.3) is 0 Å². The number of hydrogen-bond donors (Lipinski definition) is 1. The summed E-state index contributed by atoms with van der Waals surface area (Å²) < 4.78 is 4.62. The normalized spacial score (nSPS) is 9.67. The fourth-order valence-electron chi connectivity index (χ4n) is 0.511. The first-order valence-electron chi connectivity index (χ1n) is 2.96. The van der Waals surface area contributed by atoms with Crippen LogP contribution in [0.3, 0.4) is 0 Å². The van der Waals surface area contributed by atoms with Gasteiger partial charge in [-0.1, -0.05) is 6.92 Å². The van der Waals surface area contributed by atoms with Crippen molar-refractivity contribution >= 4 is 6.09 Å². The highest BCUT2D eigenvalue weighted by Gasteiger charge is 2.05. The molecule has 1 radical (unpaired) electrons. The molecule has 0 heterocycles. The van der Waals surface area contributed by atoms with Crippen LogP contribution in [0.15, 0.2) is 0 Å². The minimum atomic E-state index is -0.717. The minimum Gasteiger partial charge on any atom is -0.446 e. The number of hydrogen-bond acceptors (Lipinski definition) is 2. The lowest BCUT2D eigenvalue weighted by Gasteiger charge is -2.10. The van der Waals surface area contributed by atoms with E-state index < -0.39 is 6.09 Å². The maximum atomic E-state index is 10.1. The lowest BCUT2D eigenvalue weighted by molar-refractivity contribution is 0.105. The van der Waals surface area contributed by atoms with Crippen LogP contribution in [0.4, 0.5) is 4.79 Å². The van der Waals surface area contributed by atoms with Crippen molar-refractivity contribution in [2.24, 2.45) is 5.73 Å². The van der Waals surface area contributed by atoms with Gasteiger partial charge in [-0.3, -0.25) is 0 Å². The van der Waals surface area contributed by atoms with Crippen LogP contribution in [0, 0.1) is 6.92 Å². The number of nitrogens with two attached hydrogens (primary N) is 1. The quantitative estimate of drug-likeness (QED) is 0.621. The maximum absolute atomic E-state index is 10.1. The Bertz CT molecular complexity index is 89.1. The van der Waals surface area contributed by atoms with Crippen molar-refractivity contribution in [1.29, 1.82) is 0 Å². The van der Waals surface area contributed by atoms with E-state index in [9.17, 15) is 4.79 Å². The Balaban J connectivity index is 3.43. The Morgan fingerprint density at radius 1 is 1.89 bits per heavy atom. The number of ether oxygens (including phenoxy) is 1. The fraction of sp³-hybridized carbons (Fsp3) is 0.667. The second kappa shape index (κ2) is 4.18. The molecule has 0 spiro atoms. The molecule has 3 nitrogen and oxygen atoms in total. The molecule has 0 aromatic rings. The third-order valence-electron chi connectivity index (χ3n) is 1.06. The van der Waals surface area contributed by atoms with Crippen LogP contribution < -0.4 is 5.73 Å². The van der Waals surface area contributed by atoms with E-state index in [1.165, 1.54) is 0 Å². The first kappa shape index (κ1) is 8.27. The summed E-state index contributed by atoms with van der Waals surface area (Å²) >= 11 is 0. The molecule has 0 aliphatic rings. The minimum absolute atomic E-state index is 0.109. The first-order chi connectivity index (χ1) is 4.20. The zero-order chi connectivity index (χ0) is 7.28. The average Bonchev–Trinajstić information content (AvgIpc) is 1.82. The molecule has 0 aromatic heterocycles. The van der Waals surface area contributed by atoms with Crippen LogP contribution in [-0.2, 0) is 4.74 Å². The van der Waals surface area contributed by atoms with Crippen LogP contribution >= 0.6 is 0 Å². The van der Waals surface area contributed by atoms with E-state index in [0.29, 0.717) is 6.42 Å². The van der Waals surface area contributed by atoms with Gasteiger partial charge in [0.15, 0.2) is 0 Å². The molecule has 0 aliphatic heterocycles. The predicted octanol–water partition coefficient (Wildman–Crippen LogP) is 1.08. The topological polar surface area (TPSA) is 52.3 Å². The summed E-state index contributed by atoms with van der Waals surface area (Å²) in [5.41, 5.74) is 4.76. The van der Waals surface area contributed by atoms with Gasteiger partial charge in [0, 0.05) is 0 Å². The van der Waals surface area contributed by atoms with Gasteiger partial charge in [-0.2, -0.15) is 0 Å². The molecule has 0 bridgehead atoms. The lowest BCUT2D eigenvalue weighted by Crippen LogP contribution is -2.21. The Morgan fingerprint density at radius 3 is 2.56 bits per heavy atom. The monoisotopic (exact) mass is 130 g/mol. The van der Waals surface area contributed by atoms with Gasteiger partial charge in [0.1, 0.15) is 6.10 Å². The summed E-state index contributed by atoms with van der Waals surface area (Å²) in [7, 11) is 0. The van der Waals surface area contributed by atoms with Crippen molar-refractivity contribution in [2.75, 3.05) is 0 Å². The molecule has 3 heteroatoms. The number of amides is 1. The summed E-state index contributed by atoms with van der Waals surface area (Å²) in [5.74, 6) is 0. The van der Waals surface area contributed by atoms with Gasteiger partial charge >= 0.3 is 6.09 Å². The number of carbonyl (C=O) groups excluding carboxylic acids is 1. The Morgan fingerprint density at radius 2 is 2.44 bits per heavy atom. The van der Waals surface area contributed by atoms with Crippen molar-refractivity contribution in [1.82, 2.24) is 0 Å². The van der Waals surface area contributed by atoms with Crippen molar-refractivity contribution in [3.05, 3.63) is 6.92 Å². The third-order valence-corrected chi connectivity index (χ3v) is 1.06. The number of primary amides is 1. The van der Waals surface area contributed by atoms with E-state index in [2.05, 4.69) is 11.7 Å². The molecule has 1 unspecified atom stereocenters. The summed E-state index contributed by atoms with van der Waals surface area (Å²) in [6, 6.07) is 0. The standard InChI is InChI=1S/C6H12NO2/c1-3-5(4-2)9-6(7)8/h5H,1,3-4H2,2H3,(H2,7,8). The Labute approximate surface area is 55.2 Å². The highest BCUT2D eigenvalue weighted by molar-refractivity contribution is 5.64. The molecule has 0 saturated heterocycles. The summed E-state index contributed by atoms with van der Waals surface area (Å²) in [6.07, 6.45) is 0.527. The Kier molecular flexibility index (Phi) is 3.84. The van der Waals surface area contributed by atoms with Gasteiger partial charge in [-0.15, -0.1) is 0 Å². The molecule has 2 N–H and O–H groups in total. The highest BCUT2D eigenvalue weighted by atomic mass is 16.6. The molecule has 0 fully saturated rings. The smallest absolute Gasteiger partial charge is 0.404 e. The molecule has 0 aliphatic carbocycles. The largest absolute Gasteiger partial charge is 0.446 e. The van der Waals surface area contributed by atoms with Crippen molar-refractivity contribution in [2.45, 2.75) is 25.9 Å². The Hall–Kier alpha value is -0.730. The van der Waals surface area contributed by atoms with E-state index in [0.717, 1.165) is 6.42 Å². The number of carbonyl (C=O) groups is 1. The molecule has 0 saturated carbocycles. The second-order valence-electron chi connectivity index (χ2n) is 1.76. The van der Waals surface area contributed by atoms with Crippen molar-refractivity contribution in [3.8, 4) is 0 Å². The van der Waals surface area contributed by atoms with Gasteiger partial charge in [0.2, 0.25) is 0 Å². The van der Waals surface area contributed by atoms with Crippen molar-refractivity contribution < 1.29 is 9.53 Å². The summed E-state index contributed by atoms with van der Waals surface area (Å²) in [5, 5.41) is 0. The lowest BCUT2D eigenvalue weighted by atomic mass is 10.2. The third kappa shape index (κ3) is 3.82. The van der Waals surface area contributed by atoms with Gasteiger partial charge in [-0.25, -0.2) is 4.79 Å². The maximum Gasteiger partial charge on any atom is 0.404 e. The SMILES string of the molecule is [CH2]CC(CC)OC(N)=O. The van der Waals surface area contributed by atoms with E-state index in [4.69, 9.17) is 5.73 Å². The van der Waals surface area contributed by atoms with Crippen LogP contribution in [-0.4, -0.2) is 12.2 Å². The first-order valence-corrected chi connectivity index (χ1v) is 2.96. The molecule has 9 heavy (non-hydrogen) atoms. The molecule has 1 atom stereocenters. The van der Waals surface area contributed by atoms with Crippen LogP contribution in [0.2, 0.25) is 0 Å². The van der Waals surface area contributed by atoms with Gasteiger partial charge in [0.05, 0.1) is 0 Å². The van der Waals surface area contributed by atoms with Gasteiger partial charge < -0.3 is 10.5 Å². The van der Waals surface area contributed by atoms with E-state index in [1.54, 1.807) is 0 Å². The molecule has 0 rings (SSSR count). The summed E-state index contributed by atoms with van der Waals surface area (Å²) in [4.78, 5) is 10.1. The van der Waals surface area contributed by atoms with E-state index in [-0.39, 0.29) is 6.10 Å². The zero-order valence-electron chi connectivity index (χ0n) is 5.59. The van der Waals surface area contributed by atoms with Gasteiger partial charge in [0.25, 0.3) is 0 Å². The molecule has 53 valence electrons. The molecular weight excluding hydrogens is 118 g/mol. The van der Waals surface area contributed by atoms with Crippen molar-refractivity contribution in [3.63, 3.8) is 0 Å². The highest BCUT2D eigenvalue weighted by Crippen LogP contribution is 2.00. The zero-order valence-corrected chi connectivity index (χ0v) is 5.59. The predicted molar refractivity (Wildman–Crippen MR) is 34.7 cm³/mol. The molecule has 1 amide bonds. The van der Waals surface area contributed by atoms with Crippen LogP contribution in [0.5, 0.6) is 0 Å². The van der Waals surface area contributed by atoms with Crippen LogP contribution in [0.1, 0.15) is 19.8 Å². The average molecular weight is 130 g/mol. The van der Waals surface area contributed by atoms with E-state index in [1.807, 2.05) is 6.92 Å².